The second-order valence-electron chi connectivity index (χ2n) is 5.85. The number of halogens is 2. The van der Waals surface area contributed by atoms with Gasteiger partial charge in [0.2, 0.25) is 0 Å². The number of rotatable bonds is 4. The van der Waals surface area contributed by atoms with Gasteiger partial charge in [-0.05, 0) is 30.3 Å². The number of Topliss-reactive ketones (excluding diaryl/α,β-unsaturated/α-hetero) is 1. The number of ketones is 1. The molecule has 8 heteroatoms. The maximum Gasteiger partial charge on any atom is 0.323 e. The number of hydrogen-bond acceptors (Lipinski definition) is 4. The van der Waals surface area contributed by atoms with Gasteiger partial charge in [-0.15, -0.1) is 0 Å². The van der Waals surface area contributed by atoms with Crippen LogP contribution in [0.15, 0.2) is 54.1 Å². The SMILES string of the molecule is O=C(O)CN1C(=O)C(=O)/C(=C(/O)c2ccc(Cl)cc2)[C@H]1c1ccccc1F. The molecule has 1 atom stereocenters. The molecule has 1 saturated heterocycles. The van der Waals surface area contributed by atoms with Crippen molar-refractivity contribution in [2.75, 3.05) is 6.54 Å². The first-order valence-electron chi connectivity index (χ1n) is 7.82. The second-order valence-corrected chi connectivity index (χ2v) is 6.29. The molecule has 0 spiro atoms. The maximum atomic E-state index is 14.4. The average molecular weight is 390 g/mol. The Balaban J connectivity index is 2.23. The number of nitrogens with zero attached hydrogens (tertiary/aromatic N) is 1. The number of benzene rings is 2. The van der Waals surface area contributed by atoms with E-state index in [0.29, 0.717) is 5.02 Å². The fourth-order valence-electron chi connectivity index (χ4n) is 2.97. The van der Waals surface area contributed by atoms with E-state index in [1.54, 1.807) is 0 Å². The molecule has 27 heavy (non-hydrogen) atoms. The van der Waals surface area contributed by atoms with Crippen LogP contribution in [-0.2, 0) is 14.4 Å². The number of aliphatic carboxylic acids is 1. The van der Waals surface area contributed by atoms with Crippen LogP contribution in [0.4, 0.5) is 4.39 Å². The summed E-state index contributed by atoms with van der Waals surface area (Å²) in [5, 5.41) is 20.1. The van der Waals surface area contributed by atoms with E-state index in [9.17, 15) is 23.9 Å². The van der Waals surface area contributed by atoms with Crippen LogP contribution in [0.5, 0.6) is 0 Å². The highest BCUT2D eigenvalue weighted by atomic mass is 35.5. The number of aliphatic hydroxyl groups excluding tert-OH is 1. The Morgan fingerprint density at radius 2 is 1.70 bits per heavy atom. The highest BCUT2D eigenvalue weighted by molar-refractivity contribution is 6.46. The largest absolute Gasteiger partial charge is 0.507 e. The van der Waals surface area contributed by atoms with Crippen LogP contribution < -0.4 is 0 Å². The van der Waals surface area contributed by atoms with Gasteiger partial charge in [-0.2, -0.15) is 0 Å². The Labute approximate surface area is 158 Å². The van der Waals surface area contributed by atoms with E-state index in [-0.39, 0.29) is 16.7 Å². The number of hydrogen-bond donors (Lipinski definition) is 2. The minimum Gasteiger partial charge on any atom is -0.507 e. The Morgan fingerprint density at radius 3 is 2.30 bits per heavy atom. The van der Waals surface area contributed by atoms with Gasteiger partial charge in [0, 0.05) is 16.1 Å². The maximum absolute atomic E-state index is 14.4. The number of carbonyl (C=O) groups is 3. The third kappa shape index (κ3) is 3.41. The predicted octanol–water partition coefficient (Wildman–Crippen LogP) is 2.99. The quantitative estimate of drug-likeness (QED) is 0.476. The van der Waals surface area contributed by atoms with Crippen molar-refractivity contribution in [3.63, 3.8) is 0 Å². The third-order valence-corrected chi connectivity index (χ3v) is 4.42. The van der Waals surface area contributed by atoms with Crippen molar-refractivity contribution in [3.8, 4) is 0 Å². The summed E-state index contributed by atoms with van der Waals surface area (Å²) in [5.41, 5.74) is -0.281. The van der Waals surface area contributed by atoms with Crippen molar-refractivity contribution in [3.05, 3.63) is 76.1 Å². The van der Waals surface area contributed by atoms with E-state index >= 15 is 0 Å². The van der Waals surface area contributed by atoms with Crippen molar-refractivity contribution in [1.82, 2.24) is 4.90 Å². The Hall–Kier alpha value is -3.19. The Kier molecular flexibility index (Phi) is 4.96. The van der Waals surface area contributed by atoms with Crippen LogP contribution in [-0.4, -0.2) is 39.3 Å². The second kappa shape index (κ2) is 7.20. The Bertz CT molecular complexity index is 970. The smallest absolute Gasteiger partial charge is 0.323 e. The van der Waals surface area contributed by atoms with E-state index in [2.05, 4.69) is 0 Å². The number of likely N-dealkylation sites (tertiary alicyclic amines) is 1. The summed E-state index contributed by atoms with van der Waals surface area (Å²) in [5.74, 6) is -4.85. The molecule has 2 aromatic carbocycles. The lowest BCUT2D eigenvalue weighted by molar-refractivity contribution is -0.146. The van der Waals surface area contributed by atoms with E-state index in [0.717, 1.165) is 11.0 Å². The minimum atomic E-state index is -1.37. The molecule has 138 valence electrons. The summed E-state index contributed by atoms with van der Waals surface area (Å²) < 4.78 is 14.4. The zero-order valence-electron chi connectivity index (χ0n) is 13.7. The highest BCUT2D eigenvalue weighted by Crippen LogP contribution is 2.40. The first kappa shape index (κ1) is 18.6. The topological polar surface area (TPSA) is 94.9 Å². The molecule has 0 unspecified atom stereocenters. The molecule has 0 bridgehead atoms. The third-order valence-electron chi connectivity index (χ3n) is 4.16. The molecule has 0 saturated carbocycles. The summed E-state index contributed by atoms with van der Waals surface area (Å²) in [6.45, 7) is -0.818. The van der Waals surface area contributed by atoms with Crippen LogP contribution in [0.3, 0.4) is 0 Å². The summed E-state index contributed by atoms with van der Waals surface area (Å²) >= 11 is 5.81. The lowest BCUT2D eigenvalue weighted by Gasteiger charge is -2.24. The van der Waals surface area contributed by atoms with E-state index in [1.165, 1.54) is 42.5 Å². The van der Waals surface area contributed by atoms with Crippen molar-refractivity contribution < 1.29 is 29.0 Å². The standard InChI is InChI=1S/C19H13ClFNO5/c20-11-7-5-10(6-8-11)17(25)15-16(12-3-1-2-4-13(12)21)22(9-14(23)24)19(27)18(15)26/h1-8,16,25H,9H2,(H,23,24)/b17-15+/t16-/m1/s1. The number of carbonyl (C=O) groups excluding carboxylic acids is 2. The zero-order valence-corrected chi connectivity index (χ0v) is 14.5. The van der Waals surface area contributed by atoms with Crippen LogP contribution in [0.1, 0.15) is 17.2 Å². The normalized spacial score (nSPS) is 18.7. The van der Waals surface area contributed by atoms with Gasteiger partial charge in [0.15, 0.2) is 0 Å². The van der Waals surface area contributed by atoms with Crippen molar-refractivity contribution in [1.29, 1.82) is 0 Å². The van der Waals surface area contributed by atoms with Gasteiger partial charge >= 0.3 is 5.97 Å². The summed E-state index contributed by atoms with van der Waals surface area (Å²) in [7, 11) is 0. The predicted molar refractivity (Wildman–Crippen MR) is 94.5 cm³/mol. The molecule has 2 aromatic rings. The van der Waals surface area contributed by atoms with Crippen LogP contribution in [0, 0.1) is 5.82 Å². The first-order valence-corrected chi connectivity index (χ1v) is 8.19. The molecule has 1 heterocycles. The molecule has 0 aromatic heterocycles. The van der Waals surface area contributed by atoms with Gasteiger partial charge in [0.25, 0.3) is 11.7 Å². The fraction of sp³-hybridized carbons (Fsp3) is 0.105. The van der Waals surface area contributed by atoms with E-state index in [1.807, 2.05) is 0 Å². The summed E-state index contributed by atoms with van der Waals surface area (Å²) in [4.78, 5) is 36.8. The molecule has 1 aliphatic rings. The molecule has 1 fully saturated rings. The lowest BCUT2D eigenvalue weighted by Crippen LogP contribution is -2.34. The number of carboxylic acids is 1. The molecule has 0 radical (unpaired) electrons. The monoisotopic (exact) mass is 389 g/mol. The van der Waals surface area contributed by atoms with Crippen molar-refractivity contribution in [2.45, 2.75) is 6.04 Å². The zero-order chi connectivity index (χ0) is 19.7. The minimum absolute atomic E-state index is 0.0894. The number of carboxylic acid groups (broad SMARTS) is 1. The summed E-state index contributed by atoms with van der Waals surface area (Å²) in [6, 6.07) is 9.81. The molecule has 1 amide bonds. The lowest BCUT2D eigenvalue weighted by atomic mass is 9.95. The number of aliphatic hydroxyl groups is 1. The van der Waals surface area contributed by atoms with Gasteiger partial charge in [-0.3, -0.25) is 14.4 Å². The van der Waals surface area contributed by atoms with E-state index < -0.39 is 41.8 Å². The van der Waals surface area contributed by atoms with Crippen LogP contribution in [0.2, 0.25) is 5.02 Å². The molecule has 1 aliphatic heterocycles. The average Bonchev–Trinajstić information content (AvgIpc) is 2.86. The molecular formula is C19H13ClFNO5. The van der Waals surface area contributed by atoms with Crippen molar-refractivity contribution in [2.24, 2.45) is 0 Å². The fourth-order valence-corrected chi connectivity index (χ4v) is 3.10. The summed E-state index contributed by atoms with van der Waals surface area (Å²) in [6.07, 6.45) is 0. The van der Waals surface area contributed by atoms with Gasteiger partial charge in [-0.25, -0.2) is 4.39 Å². The van der Waals surface area contributed by atoms with E-state index in [4.69, 9.17) is 16.7 Å². The Morgan fingerprint density at radius 1 is 1.07 bits per heavy atom. The molecular weight excluding hydrogens is 377 g/mol. The highest BCUT2D eigenvalue weighted by Gasteiger charge is 2.47. The van der Waals surface area contributed by atoms with Crippen LogP contribution in [0.25, 0.3) is 5.76 Å². The van der Waals surface area contributed by atoms with Gasteiger partial charge in [-0.1, -0.05) is 29.8 Å². The van der Waals surface area contributed by atoms with Gasteiger partial charge < -0.3 is 15.1 Å². The van der Waals surface area contributed by atoms with Gasteiger partial charge in [0.05, 0.1) is 11.6 Å². The van der Waals surface area contributed by atoms with Crippen LogP contribution >= 0.6 is 11.6 Å². The van der Waals surface area contributed by atoms with Gasteiger partial charge in [0.1, 0.15) is 18.1 Å². The number of amides is 1. The van der Waals surface area contributed by atoms with Crippen molar-refractivity contribution >= 4 is 35.0 Å². The molecule has 2 N–H and O–H groups in total. The molecule has 0 aliphatic carbocycles. The molecule has 3 rings (SSSR count). The molecule has 6 nitrogen and oxygen atoms in total. The first-order chi connectivity index (χ1) is 12.8.